The Kier molecular flexibility index (Phi) is 3.14. The third-order valence-corrected chi connectivity index (χ3v) is 1.35. The van der Waals surface area contributed by atoms with Gasteiger partial charge in [0.15, 0.2) is 0 Å². The largest absolute Gasteiger partial charge is 0.274 e. The summed E-state index contributed by atoms with van der Waals surface area (Å²) in [4.78, 5) is 14.5. The van der Waals surface area contributed by atoms with Gasteiger partial charge in [0.1, 0.15) is 0 Å². The first kappa shape index (κ1) is 9.38. The van der Waals surface area contributed by atoms with Crippen LogP contribution in [0.4, 0.5) is 0 Å². The molecule has 0 bridgehead atoms. The van der Waals surface area contributed by atoms with Crippen molar-refractivity contribution in [2.24, 2.45) is 5.10 Å². The van der Waals surface area contributed by atoms with E-state index in [2.05, 4.69) is 15.5 Å². The van der Waals surface area contributed by atoms with Gasteiger partial charge in [-0.2, -0.15) is 5.10 Å². The van der Waals surface area contributed by atoms with Crippen LogP contribution in [0.1, 0.15) is 18.2 Å². The van der Waals surface area contributed by atoms with Gasteiger partial charge in [-0.3, -0.25) is 9.78 Å². The maximum atomic E-state index is 10.4. The molecule has 0 saturated carbocycles. The molecule has 4 nitrogen and oxygen atoms in total. The molecule has 0 aliphatic heterocycles. The van der Waals surface area contributed by atoms with E-state index in [9.17, 15) is 4.79 Å². The maximum absolute atomic E-state index is 10.4. The van der Waals surface area contributed by atoms with Gasteiger partial charge in [0.25, 0.3) is 0 Å². The van der Waals surface area contributed by atoms with Crippen LogP contribution in [0.2, 0.25) is 0 Å². The van der Waals surface area contributed by atoms with Crippen molar-refractivity contribution in [3.05, 3.63) is 29.6 Å². The Morgan fingerprint density at radius 1 is 1.62 bits per heavy atom. The second-order valence-electron chi connectivity index (χ2n) is 2.69. The number of aromatic nitrogens is 1. The fraction of sp³-hybridized carbons (Fsp3) is 0.222. The molecule has 0 aliphatic rings. The summed E-state index contributed by atoms with van der Waals surface area (Å²) < 4.78 is 0. The molecular formula is C9H11N3O. The summed E-state index contributed by atoms with van der Waals surface area (Å²) in [5.74, 6) is -0.191. The molecule has 1 N–H and O–H groups in total. The van der Waals surface area contributed by atoms with E-state index in [0.717, 1.165) is 11.3 Å². The van der Waals surface area contributed by atoms with E-state index >= 15 is 0 Å². The first-order valence-corrected chi connectivity index (χ1v) is 3.91. The van der Waals surface area contributed by atoms with E-state index < -0.39 is 0 Å². The monoisotopic (exact) mass is 177 g/mol. The van der Waals surface area contributed by atoms with E-state index in [1.165, 1.54) is 13.1 Å². The van der Waals surface area contributed by atoms with Crippen molar-refractivity contribution in [3.63, 3.8) is 0 Å². The van der Waals surface area contributed by atoms with Gasteiger partial charge in [-0.25, -0.2) is 5.43 Å². The van der Waals surface area contributed by atoms with E-state index in [-0.39, 0.29) is 5.91 Å². The molecule has 68 valence electrons. The normalized spacial score (nSPS) is 10.3. The van der Waals surface area contributed by atoms with Crippen LogP contribution in [0, 0.1) is 6.92 Å². The van der Waals surface area contributed by atoms with Crippen LogP contribution in [0.3, 0.4) is 0 Å². The number of pyridine rings is 1. The molecule has 1 aromatic heterocycles. The highest BCUT2D eigenvalue weighted by Gasteiger charge is 1.88. The zero-order valence-electron chi connectivity index (χ0n) is 7.61. The Balaban J connectivity index is 2.59. The fourth-order valence-corrected chi connectivity index (χ4v) is 0.745. The van der Waals surface area contributed by atoms with Gasteiger partial charge in [0, 0.05) is 13.1 Å². The van der Waals surface area contributed by atoms with Crippen LogP contribution in [0.25, 0.3) is 0 Å². The number of rotatable bonds is 2. The summed E-state index contributed by atoms with van der Waals surface area (Å²) >= 11 is 0. The first-order chi connectivity index (χ1) is 6.18. The lowest BCUT2D eigenvalue weighted by Gasteiger charge is -1.93. The van der Waals surface area contributed by atoms with E-state index in [4.69, 9.17) is 0 Å². The molecule has 0 saturated heterocycles. The summed E-state index contributed by atoms with van der Waals surface area (Å²) in [7, 11) is 0. The molecule has 0 fully saturated rings. The molecule has 1 amide bonds. The molecule has 0 atom stereocenters. The Hall–Kier alpha value is -1.71. The standard InChI is InChI=1S/C9H11N3O/c1-7-3-4-9(10-5-7)6-11-12-8(2)13/h3-6H,1-2H3,(H,12,13)/b11-6+. The Morgan fingerprint density at radius 2 is 2.38 bits per heavy atom. The highest BCUT2D eigenvalue weighted by Crippen LogP contribution is 1.94. The summed E-state index contributed by atoms with van der Waals surface area (Å²) in [6, 6.07) is 3.77. The van der Waals surface area contributed by atoms with Gasteiger partial charge < -0.3 is 0 Å². The molecule has 0 radical (unpaired) electrons. The van der Waals surface area contributed by atoms with Crippen LogP contribution in [-0.4, -0.2) is 17.1 Å². The average molecular weight is 177 g/mol. The SMILES string of the molecule is CC(=O)N/N=C/c1ccc(C)cn1. The van der Waals surface area contributed by atoms with Crippen LogP contribution in [-0.2, 0) is 4.79 Å². The Bertz CT molecular complexity index is 316. The topological polar surface area (TPSA) is 54.4 Å². The predicted octanol–water partition coefficient (Wildman–Crippen LogP) is 0.860. The minimum Gasteiger partial charge on any atom is -0.274 e. The van der Waals surface area contributed by atoms with Crippen LogP contribution >= 0.6 is 0 Å². The lowest BCUT2D eigenvalue weighted by Crippen LogP contribution is -2.12. The zero-order chi connectivity index (χ0) is 9.68. The zero-order valence-corrected chi connectivity index (χ0v) is 7.61. The predicted molar refractivity (Wildman–Crippen MR) is 50.4 cm³/mol. The minimum atomic E-state index is -0.191. The second-order valence-corrected chi connectivity index (χ2v) is 2.69. The number of hydrazone groups is 1. The first-order valence-electron chi connectivity index (χ1n) is 3.91. The second kappa shape index (κ2) is 4.35. The van der Waals surface area contributed by atoms with E-state index in [0.29, 0.717) is 0 Å². The van der Waals surface area contributed by atoms with Crippen LogP contribution in [0.15, 0.2) is 23.4 Å². The average Bonchev–Trinajstić information content (AvgIpc) is 2.08. The van der Waals surface area contributed by atoms with Crippen molar-refractivity contribution < 1.29 is 4.79 Å². The number of hydrogen-bond donors (Lipinski definition) is 1. The molecule has 0 spiro atoms. The molecule has 1 rings (SSSR count). The summed E-state index contributed by atoms with van der Waals surface area (Å²) in [6.07, 6.45) is 3.25. The van der Waals surface area contributed by atoms with Gasteiger partial charge in [-0.15, -0.1) is 0 Å². The van der Waals surface area contributed by atoms with E-state index in [1.807, 2.05) is 19.1 Å². The quantitative estimate of drug-likeness (QED) is 0.538. The number of nitrogens with zero attached hydrogens (tertiary/aromatic N) is 2. The lowest BCUT2D eigenvalue weighted by atomic mass is 10.3. The molecule has 13 heavy (non-hydrogen) atoms. The van der Waals surface area contributed by atoms with Gasteiger partial charge in [0.2, 0.25) is 5.91 Å². The highest BCUT2D eigenvalue weighted by atomic mass is 16.2. The van der Waals surface area contributed by atoms with Gasteiger partial charge >= 0.3 is 0 Å². The number of hydrogen-bond acceptors (Lipinski definition) is 3. The van der Waals surface area contributed by atoms with Crippen molar-refractivity contribution >= 4 is 12.1 Å². The molecule has 1 heterocycles. The van der Waals surface area contributed by atoms with Crippen molar-refractivity contribution in [3.8, 4) is 0 Å². The van der Waals surface area contributed by atoms with Crippen molar-refractivity contribution in [1.82, 2.24) is 10.4 Å². The van der Waals surface area contributed by atoms with Crippen molar-refractivity contribution in [1.29, 1.82) is 0 Å². The van der Waals surface area contributed by atoms with Crippen LogP contribution in [0.5, 0.6) is 0 Å². The number of aryl methyl sites for hydroxylation is 1. The lowest BCUT2D eigenvalue weighted by molar-refractivity contribution is -0.118. The van der Waals surface area contributed by atoms with Crippen molar-refractivity contribution in [2.75, 3.05) is 0 Å². The molecule has 1 aromatic rings. The molecule has 0 aliphatic carbocycles. The minimum absolute atomic E-state index is 0.191. The fourth-order valence-electron chi connectivity index (χ4n) is 0.745. The Morgan fingerprint density at radius 3 is 2.92 bits per heavy atom. The van der Waals surface area contributed by atoms with Gasteiger partial charge in [-0.05, 0) is 18.6 Å². The smallest absolute Gasteiger partial charge is 0.236 e. The summed E-state index contributed by atoms with van der Waals surface area (Å²) in [5, 5.41) is 3.68. The molecule has 4 heteroatoms. The Labute approximate surface area is 76.7 Å². The summed E-state index contributed by atoms with van der Waals surface area (Å²) in [6.45, 7) is 3.36. The van der Waals surface area contributed by atoms with Crippen molar-refractivity contribution in [2.45, 2.75) is 13.8 Å². The van der Waals surface area contributed by atoms with E-state index in [1.54, 1.807) is 6.20 Å². The van der Waals surface area contributed by atoms with Gasteiger partial charge in [-0.1, -0.05) is 6.07 Å². The third-order valence-electron chi connectivity index (χ3n) is 1.35. The summed E-state index contributed by atoms with van der Waals surface area (Å²) in [5.41, 5.74) is 4.11. The van der Waals surface area contributed by atoms with Gasteiger partial charge in [0.05, 0.1) is 11.9 Å². The highest BCUT2D eigenvalue weighted by molar-refractivity contribution is 5.79. The molecule has 0 aromatic carbocycles. The number of carbonyl (C=O) groups is 1. The number of amides is 1. The third kappa shape index (κ3) is 3.46. The molecule has 0 unspecified atom stereocenters. The maximum Gasteiger partial charge on any atom is 0.236 e. The molecular weight excluding hydrogens is 166 g/mol. The van der Waals surface area contributed by atoms with Crippen LogP contribution < -0.4 is 5.43 Å². The number of nitrogens with one attached hydrogen (secondary N) is 1. The number of carbonyl (C=O) groups excluding carboxylic acids is 1.